The van der Waals surface area contributed by atoms with Crippen LogP contribution < -0.4 is 14.5 Å². The molecule has 0 spiro atoms. The molecule has 2 aliphatic rings. The summed E-state index contributed by atoms with van der Waals surface area (Å²) in [7, 11) is 0. The van der Waals surface area contributed by atoms with E-state index in [1.165, 1.54) is 32.9 Å². The van der Waals surface area contributed by atoms with Crippen molar-refractivity contribution in [3.05, 3.63) is 70.9 Å². The summed E-state index contributed by atoms with van der Waals surface area (Å²) >= 11 is 5.34. The van der Waals surface area contributed by atoms with Gasteiger partial charge in [-0.3, -0.25) is 19.5 Å². The second-order valence-corrected chi connectivity index (χ2v) is 12.2. The van der Waals surface area contributed by atoms with E-state index in [1.807, 2.05) is 0 Å². The summed E-state index contributed by atoms with van der Waals surface area (Å²) in [5.41, 5.74) is -8.47. The maximum absolute atomic E-state index is 15.7. The molecule has 0 aliphatic carbocycles. The zero-order valence-corrected chi connectivity index (χ0v) is 26.7. The lowest BCUT2D eigenvalue weighted by molar-refractivity contribution is -0.140. The Kier molecular flexibility index (Phi) is 9.08. The first-order chi connectivity index (χ1) is 22.8. The number of hydrogen-bond acceptors (Lipinski definition) is 6. The third-order valence-corrected chi connectivity index (χ3v) is 8.63. The summed E-state index contributed by atoms with van der Waals surface area (Å²) in [5, 5.41) is 8.51. The van der Waals surface area contributed by atoms with Crippen LogP contribution in [0.15, 0.2) is 42.6 Å². The van der Waals surface area contributed by atoms with E-state index in [-0.39, 0.29) is 17.3 Å². The molecule has 2 aromatic carbocycles. The molecule has 17 heteroatoms. The summed E-state index contributed by atoms with van der Waals surface area (Å²) in [6.07, 6.45) is -9.00. The summed E-state index contributed by atoms with van der Waals surface area (Å²) in [6, 6.07) is 6.39. The van der Waals surface area contributed by atoms with E-state index < -0.39 is 80.3 Å². The van der Waals surface area contributed by atoms with Crippen molar-refractivity contribution >= 4 is 40.5 Å². The average molecular weight is 712 g/mol. The third-order valence-electron chi connectivity index (χ3n) is 8.26. The molecular formula is C32H25F8N5O3S. The second kappa shape index (κ2) is 12.6. The molecule has 5 rings (SSSR count). The Morgan fingerprint density at radius 1 is 1.04 bits per heavy atom. The number of piperidine rings is 1. The van der Waals surface area contributed by atoms with Crippen LogP contribution in [0, 0.1) is 23.0 Å². The highest BCUT2D eigenvalue weighted by molar-refractivity contribution is 7.81. The fourth-order valence-corrected chi connectivity index (χ4v) is 6.33. The van der Waals surface area contributed by atoms with Crippen molar-refractivity contribution < 1.29 is 49.4 Å². The Morgan fingerprint density at radius 3 is 2.24 bits per heavy atom. The fourth-order valence-electron chi connectivity index (χ4n) is 5.82. The van der Waals surface area contributed by atoms with Crippen molar-refractivity contribution in [2.75, 3.05) is 22.9 Å². The van der Waals surface area contributed by atoms with Gasteiger partial charge in [0.2, 0.25) is 5.91 Å². The molecule has 1 aromatic heterocycles. The standard InChI is InChI=1S/C32H25F8N5O3S/c1-16(46)43-10-8-19(9-11-43)48-20-5-6-21(22(13-20)31(35,36)37)27-23(33)12-18(15-42-27)45-29(49)44(28(47)30(45,2)3)24-7-4-17(14-41)25(26(24)34)32(38,39)40/h4-7,12-13,15,19H,8-11H2,1-3H3. The van der Waals surface area contributed by atoms with Crippen LogP contribution in [0.4, 0.5) is 46.5 Å². The van der Waals surface area contributed by atoms with Gasteiger partial charge in [-0.05, 0) is 56.4 Å². The molecule has 3 aromatic rings. The average Bonchev–Trinajstić information content (AvgIpc) is 3.18. The highest BCUT2D eigenvalue weighted by Crippen LogP contribution is 2.44. The van der Waals surface area contributed by atoms with Gasteiger partial charge in [-0.25, -0.2) is 8.78 Å². The maximum Gasteiger partial charge on any atom is 0.420 e. The minimum absolute atomic E-state index is 0.124. The van der Waals surface area contributed by atoms with Crippen LogP contribution in [0.3, 0.4) is 0 Å². The Bertz CT molecular complexity index is 1900. The molecule has 0 saturated carbocycles. The number of nitriles is 1. The van der Waals surface area contributed by atoms with Crippen molar-refractivity contribution in [1.29, 1.82) is 5.26 Å². The number of hydrogen-bond donors (Lipinski definition) is 0. The van der Waals surface area contributed by atoms with Crippen LogP contribution in [-0.2, 0) is 21.9 Å². The van der Waals surface area contributed by atoms with Gasteiger partial charge in [0.05, 0.1) is 34.8 Å². The SMILES string of the molecule is CC(=O)N1CCC(Oc2ccc(-c3ncc(N4C(=S)N(c5ccc(C#N)c(C(F)(F)F)c5F)C(=O)C4(C)C)cc3F)c(C(F)(F)F)c2)CC1. The summed E-state index contributed by atoms with van der Waals surface area (Å²) in [5.74, 6) is -4.46. The predicted octanol–water partition coefficient (Wildman–Crippen LogP) is 7.24. The van der Waals surface area contributed by atoms with Crippen LogP contribution in [0.2, 0.25) is 0 Å². The summed E-state index contributed by atoms with van der Waals surface area (Å²) in [4.78, 5) is 32.0. The lowest BCUT2D eigenvalue weighted by Crippen LogP contribution is -2.44. The Labute approximate surface area is 279 Å². The zero-order chi connectivity index (χ0) is 36.2. The topological polar surface area (TPSA) is 89.8 Å². The first-order valence-corrected chi connectivity index (χ1v) is 15.0. The van der Waals surface area contributed by atoms with E-state index in [1.54, 1.807) is 4.90 Å². The number of alkyl halides is 6. The number of ether oxygens (including phenoxy) is 1. The van der Waals surface area contributed by atoms with Crippen LogP contribution in [-0.4, -0.2) is 51.5 Å². The third kappa shape index (κ3) is 6.48. The molecule has 0 bridgehead atoms. The van der Waals surface area contributed by atoms with Crippen LogP contribution in [0.1, 0.15) is 50.3 Å². The number of carbonyl (C=O) groups excluding carboxylic acids is 2. The highest BCUT2D eigenvalue weighted by Gasteiger charge is 2.52. The number of likely N-dealkylation sites (tertiary alicyclic amines) is 1. The molecule has 49 heavy (non-hydrogen) atoms. The molecular weight excluding hydrogens is 686 g/mol. The minimum Gasteiger partial charge on any atom is -0.490 e. The second-order valence-electron chi connectivity index (χ2n) is 11.8. The molecule has 2 saturated heterocycles. The maximum atomic E-state index is 15.7. The minimum atomic E-state index is -5.30. The molecule has 3 heterocycles. The molecule has 0 radical (unpaired) electrons. The molecule has 2 aliphatic heterocycles. The van der Waals surface area contributed by atoms with Gasteiger partial charge in [0.1, 0.15) is 28.6 Å². The fraction of sp³-hybridized carbons (Fsp3) is 0.344. The summed E-state index contributed by atoms with van der Waals surface area (Å²) < 4.78 is 120. The van der Waals surface area contributed by atoms with Crippen molar-refractivity contribution in [2.45, 2.75) is 57.6 Å². The van der Waals surface area contributed by atoms with E-state index in [4.69, 9.17) is 22.2 Å². The summed E-state index contributed by atoms with van der Waals surface area (Å²) in [6.45, 7) is 4.71. The number of nitrogens with zero attached hydrogens (tertiary/aromatic N) is 5. The van der Waals surface area contributed by atoms with Crippen molar-refractivity contribution in [1.82, 2.24) is 9.88 Å². The quantitative estimate of drug-likeness (QED) is 0.204. The number of rotatable bonds is 5. The van der Waals surface area contributed by atoms with Gasteiger partial charge in [-0.1, -0.05) is 0 Å². The van der Waals surface area contributed by atoms with Gasteiger partial charge in [-0.2, -0.15) is 31.6 Å². The molecule has 8 nitrogen and oxygen atoms in total. The molecule has 2 amide bonds. The van der Waals surface area contributed by atoms with Gasteiger partial charge in [-0.15, -0.1) is 0 Å². The van der Waals surface area contributed by atoms with Crippen molar-refractivity contribution in [3.63, 3.8) is 0 Å². The Balaban J connectivity index is 1.48. The van der Waals surface area contributed by atoms with E-state index in [9.17, 15) is 35.9 Å². The molecule has 258 valence electrons. The number of amides is 2. The number of halogens is 8. The number of benzene rings is 2. The van der Waals surface area contributed by atoms with Gasteiger partial charge >= 0.3 is 12.4 Å². The van der Waals surface area contributed by atoms with Crippen molar-refractivity contribution in [2.24, 2.45) is 0 Å². The first kappa shape index (κ1) is 35.5. The van der Waals surface area contributed by atoms with Gasteiger partial charge in [0.25, 0.3) is 5.91 Å². The number of pyridine rings is 1. The lowest BCUT2D eigenvalue weighted by Gasteiger charge is -2.31. The Hall–Kier alpha value is -4.85. The van der Waals surface area contributed by atoms with Crippen LogP contribution in [0.25, 0.3) is 11.3 Å². The predicted molar refractivity (Wildman–Crippen MR) is 163 cm³/mol. The zero-order valence-electron chi connectivity index (χ0n) is 25.8. The smallest absolute Gasteiger partial charge is 0.420 e. The normalized spacial score (nSPS) is 17.1. The van der Waals surface area contributed by atoms with E-state index in [2.05, 4.69) is 4.98 Å². The van der Waals surface area contributed by atoms with E-state index >= 15 is 8.78 Å². The first-order valence-electron chi connectivity index (χ1n) is 14.5. The Morgan fingerprint density at radius 2 is 1.69 bits per heavy atom. The number of carbonyl (C=O) groups is 2. The lowest BCUT2D eigenvalue weighted by atomic mass is 10.0. The molecule has 2 fully saturated rings. The van der Waals surface area contributed by atoms with E-state index in [0.29, 0.717) is 36.9 Å². The van der Waals surface area contributed by atoms with Crippen LogP contribution >= 0.6 is 12.2 Å². The largest absolute Gasteiger partial charge is 0.490 e. The highest BCUT2D eigenvalue weighted by atomic mass is 32.1. The molecule has 0 atom stereocenters. The van der Waals surface area contributed by atoms with Gasteiger partial charge in [0.15, 0.2) is 16.7 Å². The number of anilines is 2. The number of thiocarbonyl (C=S) groups is 1. The monoisotopic (exact) mass is 711 g/mol. The van der Waals surface area contributed by atoms with Gasteiger partial charge in [0, 0.05) is 44.5 Å². The van der Waals surface area contributed by atoms with Gasteiger partial charge < -0.3 is 14.5 Å². The molecule has 0 N–H and O–H groups in total. The van der Waals surface area contributed by atoms with Crippen molar-refractivity contribution in [3.8, 4) is 23.1 Å². The number of aromatic nitrogens is 1. The van der Waals surface area contributed by atoms with Crippen LogP contribution in [0.5, 0.6) is 5.75 Å². The van der Waals surface area contributed by atoms with E-state index in [0.717, 1.165) is 35.4 Å². The molecule has 0 unspecified atom stereocenters.